The van der Waals surface area contributed by atoms with Gasteiger partial charge in [0.15, 0.2) is 0 Å². The standard InChI is InChI=1S/C24H25ClF3N5O/c1-14(29)18(15(2)31-3)13-32-23(34)17-10-8-16(9-11-17)21(12-22(30)24(26,27)28)33-20-7-5-4-6-19(20)25/h4-11,18,29-30H,12-13H2,1-3H3,(H,32,34). The van der Waals surface area contributed by atoms with E-state index in [4.69, 9.17) is 22.4 Å². The summed E-state index contributed by atoms with van der Waals surface area (Å²) in [7, 11) is 1.62. The number of hydrogen-bond donors (Lipinski definition) is 3. The average molecular weight is 492 g/mol. The Labute approximate surface area is 201 Å². The summed E-state index contributed by atoms with van der Waals surface area (Å²) < 4.78 is 39.1. The second-order valence-corrected chi connectivity index (χ2v) is 7.96. The number of rotatable bonds is 9. The average Bonchev–Trinajstić information content (AvgIpc) is 2.79. The summed E-state index contributed by atoms with van der Waals surface area (Å²) in [5.74, 6) is -0.717. The van der Waals surface area contributed by atoms with Gasteiger partial charge in [-0.2, -0.15) is 13.2 Å². The minimum absolute atomic E-state index is 0.00309. The van der Waals surface area contributed by atoms with Crippen LogP contribution in [0.15, 0.2) is 58.5 Å². The molecule has 180 valence electrons. The van der Waals surface area contributed by atoms with Crippen molar-refractivity contribution in [3.8, 4) is 0 Å². The second kappa shape index (κ2) is 11.7. The number of halogens is 4. The normalized spacial score (nSPS) is 13.4. The number of carbonyl (C=O) groups excluding carboxylic acids is 1. The fraction of sp³-hybridized carbons (Fsp3) is 0.292. The molecule has 2 rings (SSSR count). The first-order valence-electron chi connectivity index (χ1n) is 10.3. The van der Waals surface area contributed by atoms with E-state index in [1.807, 2.05) is 0 Å². The molecule has 2 aromatic carbocycles. The minimum Gasteiger partial charge on any atom is -0.351 e. The first-order valence-corrected chi connectivity index (χ1v) is 10.7. The van der Waals surface area contributed by atoms with Crippen molar-refractivity contribution in [3.63, 3.8) is 0 Å². The van der Waals surface area contributed by atoms with Crippen LogP contribution in [0.2, 0.25) is 5.02 Å². The molecule has 0 aliphatic carbocycles. The van der Waals surface area contributed by atoms with Gasteiger partial charge in [0.05, 0.1) is 22.3 Å². The van der Waals surface area contributed by atoms with Crippen LogP contribution in [0.3, 0.4) is 0 Å². The molecule has 0 saturated heterocycles. The number of para-hydroxylation sites is 1. The number of hydrogen-bond acceptors (Lipinski definition) is 5. The summed E-state index contributed by atoms with van der Waals surface area (Å²) in [6.45, 7) is 3.61. The zero-order valence-electron chi connectivity index (χ0n) is 18.9. The number of nitrogens with one attached hydrogen (secondary N) is 3. The van der Waals surface area contributed by atoms with Crippen LogP contribution in [-0.2, 0) is 0 Å². The van der Waals surface area contributed by atoms with Crippen molar-refractivity contribution in [2.24, 2.45) is 15.9 Å². The molecule has 1 amide bonds. The number of benzene rings is 2. The van der Waals surface area contributed by atoms with E-state index in [9.17, 15) is 18.0 Å². The molecule has 3 N–H and O–H groups in total. The monoisotopic (exact) mass is 491 g/mol. The number of aliphatic imine (C=N–C) groups is 2. The van der Waals surface area contributed by atoms with Crippen molar-refractivity contribution >= 4 is 46.0 Å². The Balaban J connectivity index is 2.29. The van der Waals surface area contributed by atoms with Gasteiger partial charge in [-0.05, 0) is 43.7 Å². The van der Waals surface area contributed by atoms with Crippen LogP contribution in [0.5, 0.6) is 0 Å². The number of carbonyl (C=O) groups is 1. The van der Waals surface area contributed by atoms with E-state index < -0.39 is 24.2 Å². The zero-order valence-corrected chi connectivity index (χ0v) is 19.7. The van der Waals surface area contributed by atoms with Gasteiger partial charge in [0.25, 0.3) is 5.91 Å². The van der Waals surface area contributed by atoms with Crippen LogP contribution < -0.4 is 5.32 Å². The van der Waals surface area contributed by atoms with Gasteiger partial charge in [-0.3, -0.25) is 14.8 Å². The highest BCUT2D eigenvalue weighted by Gasteiger charge is 2.35. The van der Waals surface area contributed by atoms with Crippen LogP contribution in [0.4, 0.5) is 18.9 Å². The van der Waals surface area contributed by atoms with Crippen molar-refractivity contribution in [3.05, 3.63) is 64.7 Å². The van der Waals surface area contributed by atoms with E-state index in [1.165, 1.54) is 24.3 Å². The van der Waals surface area contributed by atoms with Gasteiger partial charge in [0.2, 0.25) is 0 Å². The first kappa shape index (κ1) is 26.9. The van der Waals surface area contributed by atoms with E-state index in [1.54, 1.807) is 45.2 Å². The summed E-state index contributed by atoms with van der Waals surface area (Å²) in [4.78, 5) is 20.9. The van der Waals surface area contributed by atoms with Crippen LogP contribution in [0.25, 0.3) is 0 Å². The van der Waals surface area contributed by atoms with Gasteiger partial charge >= 0.3 is 6.18 Å². The highest BCUT2D eigenvalue weighted by molar-refractivity contribution is 6.33. The van der Waals surface area contributed by atoms with Crippen molar-refractivity contribution in [2.45, 2.75) is 26.4 Å². The molecule has 0 heterocycles. The van der Waals surface area contributed by atoms with Crippen LogP contribution >= 0.6 is 11.6 Å². The van der Waals surface area contributed by atoms with E-state index in [0.29, 0.717) is 16.8 Å². The highest BCUT2D eigenvalue weighted by Crippen LogP contribution is 2.27. The third kappa shape index (κ3) is 7.34. The second-order valence-electron chi connectivity index (χ2n) is 7.55. The molecule has 0 aliphatic heterocycles. The van der Waals surface area contributed by atoms with E-state index in [2.05, 4.69) is 15.3 Å². The fourth-order valence-corrected chi connectivity index (χ4v) is 3.22. The Bertz CT molecular complexity index is 1120. The Morgan fingerprint density at radius 2 is 1.65 bits per heavy atom. The summed E-state index contributed by atoms with van der Waals surface area (Å²) in [5, 5.41) is 18.3. The van der Waals surface area contributed by atoms with Gasteiger partial charge in [-0.1, -0.05) is 35.9 Å². The Morgan fingerprint density at radius 3 is 2.18 bits per heavy atom. The largest absolute Gasteiger partial charge is 0.429 e. The third-order valence-corrected chi connectivity index (χ3v) is 5.44. The molecule has 0 spiro atoms. The van der Waals surface area contributed by atoms with Gasteiger partial charge in [-0.25, -0.2) is 0 Å². The third-order valence-electron chi connectivity index (χ3n) is 5.12. The first-order chi connectivity index (χ1) is 15.9. The molecule has 0 bridgehead atoms. The summed E-state index contributed by atoms with van der Waals surface area (Å²) >= 11 is 6.10. The summed E-state index contributed by atoms with van der Waals surface area (Å²) in [5.41, 5.74) is 0.531. The number of alkyl halides is 3. The molecule has 6 nitrogen and oxygen atoms in total. The smallest absolute Gasteiger partial charge is 0.351 e. The summed E-state index contributed by atoms with van der Waals surface area (Å²) in [6.07, 6.45) is -5.54. The molecule has 34 heavy (non-hydrogen) atoms. The highest BCUT2D eigenvalue weighted by atomic mass is 35.5. The zero-order chi connectivity index (χ0) is 25.5. The van der Waals surface area contributed by atoms with Crippen molar-refractivity contribution in [2.75, 3.05) is 13.6 Å². The molecule has 2 aromatic rings. The molecular weight excluding hydrogens is 467 g/mol. The Morgan fingerprint density at radius 1 is 1.06 bits per heavy atom. The van der Waals surface area contributed by atoms with E-state index in [0.717, 1.165) is 5.71 Å². The van der Waals surface area contributed by atoms with Crippen LogP contribution in [-0.4, -0.2) is 48.5 Å². The Hall–Kier alpha value is -3.33. The fourth-order valence-electron chi connectivity index (χ4n) is 3.04. The van der Waals surface area contributed by atoms with Crippen molar-refractivity contribution in [1.29, 1.82) is 10.8 Å². The lowest BCUT2D eigenvalue weighted by molar-refractivity contribution is -0.0605. The molecule has 0 fully saturated rings. The lowest BCUT2D eigenvalue weighted by atomic mass is 9.99. The van der Waals surface area contributed by atoms with Gasteiger partial charge in [0.1, 0.15) is 5.71 Å². The molecule has 0 saturated carbocycles. The molecule has 0 aliphatic rings. The maximum Gasteiger partial charge on any atom is 0.429 e. The van der Waals surface area contributed by atoms with Gasteiger partial charge < -0.3 is 16.1 Å². The SMILES string of the molecule is CN=C(C)C(CNC(=O)c1ccc(C(CC(=N)C(F)(F)F)=Nc2ccccc2Cl)cc1)C(C)=N. The van der Waals surface area contributed by atoms with E-state index >= 15 is 0 Å². The van der Waals surface area contributed by atoms with Crippen molar-refractivity contribution in [1.82, 2.24) is 5.32 Å². The molecule has 1 atom stereocenters. The van der Waals surface area contributed by atoms with Crippen molar-refractivity contribution < 1.29 is 18.0 Å². The molecular formula is C24H25ClF3N5O. The van der Waals surface area contributed by atoms with E-state index in [-0.39, 0.29) is 28.9 Å². The molecule has 0 aromatic heterocycles. The predicted molar refractivity (Wildman–Crippen MR) is 131 cm³/mol. The number of nitrogens with zero attached hydrogens (tertiary/aromatic N) is 2. The topological polar surface area (TPSA) is 102 Å². The van der Waals surface area contributed by atoms with Crippen LogP contribution in [0.1, 0.15) is 36.2 Å². The molecule has 1 unspecified atom stereocenters. The lowest BCUT2D eigenvalue weighted by Gasteiger charge is -2.16. The van der Waals surface area contributed by atoms with Gasteiger partial charge in [-0.15, -0.1) is 0 Å². The number of amides is 1. The minimum atomic E-state index is -4.79. The maximum atomic E-state index is 13.0. The lowest BCUT2D eigenvalue weighted by Crippen LogP contribution is -2.35. The van der Waals surface area contributed by atoms with Gasteiger partial charge in [0, 0.05) is 37.0 Å². The Kier molecular flexibility index (Phi) is 9.26. The van der Waals surface area contributed by atoms with Crippen LogP contribution in [0, 0.1) is 16.7 Å². The summed E-state index contributed by atoms with van der Waals surface area (Å²) in [6, 6.07) is 12.3. The molecule has 0 radical (unpaired) electrons. The quantitative estimate of drug-likeness (QED) is 0.373. The molecule has 10 heteroatoms. The predicted octanol–water partition coefficient (Wildman–Crippen LogP) is 5.91. The maximum absolute atomic E-state index is 13.0.